The first kappa shape index (κ1) is 12.8. The molecule has 0 radical (unpaired) electrons. The van der Waals surface area contributed by atoms with Crippen molar-refractivity contribution in [3.63, 3.8) is 0 Å². The van der Waals surface area contributed by atoms with Gasteiger partial charge in [0.15, 0.2) is 0 Å². The highest BCUT2D eigenvalue weighted by atomic mass is 79.9. The van der Waals surface area contributed by atoms with Crippen molar-refractivity contribution in [2.24, 2.45) is 0 Å². The van der Waals surface area contributed by atoms with Gasteiger partial charge in [0.05, 0.1) is 0 Å². The summed E-state index contributed by atoms with van der Waals surface area (Å²) in [6.45, 7) is 4.98. The molecule has 0 fully saturated rings. The number of benzene rings is 1. The molecule has 0 aliphatic carbocycles. The molecule has 0 saturated carbocycles. The van der Waals surface area contributed by atoms with Crippen LogP contribution in [0.2, 0.25) is 0 Å². The topological polar surface area (TPSA) is 3.24 Å². The van der Waals surface area contributed by atoms with E-state index in [1.165, 1.54) is 21.1 Å². The molecule has 0 unspecified atom stereocenters. The third kappa shape index (κ3) is 2.30. The number of halogens is 1. The third-order valence-corrected chi connectivity index (χ3v) is 4.66. The van der Waals surface area contributed by atoms with Crippen molar-refractivity contribution in [2.75, 3.05) is 11.4 Å². The van der Waals surface area contributed by atoms with E-state index in [2.05, 4.69) is 74.5 Å². The first-order valence-electron chi connectivity index (χ1n) is 6.17. The summed E-state index contributed by atoms with van der Waals surface area (Å²) in [7, 11) is 0. The zero-order chi connectivity index (χ0) is 13.2. The molecule has 0 amide bonds. The Bertz CT molecular complexity index is 621. The highest BCUT2D eigenvalue weighted by molar-refractivity contribution is 9.12. The maximum Gasteiger partial charge on any atom is 0.331 e. The number of thiophene rings is 1. The Morgan fingerprint density at radius 2 is 2.16 bits per heavy atom. The summed E-state index contributed by atoms with van der Waals surface area (Å²) in [5, 5.41) is 4.34. The van der Waals surface area contributed by atoms with E-state index in [1.54, 1.807) is 11.3 Å². The highest BCUT2D eigenvalue weighted by Gasteiger charge is 2.32. The first-order chi connectivity index (χ1) is 9.31. The molecule has 19 heavy (non-hydrogen) atoms. The highest BCUT2D eigenvalue weighted by Crippen LogP contribution is 2.33. The van der Waals surface area contributed by atoms with Gasteiger partial charge >= 0.3 is 6.85 Å². The van der Waals surface area contributed by atoms with Gasteiger partial charge in [-0.25, -0.2) is 0 Å². The van der Waals surface area contributed by atoms with Crippen LogP contribution in [0.3, 0.4) is 0 Å². The fourth-order valence-corrected chi connectivity index (χ4v) is 3.94. The quantitative estimate of drug-likeness (QED) is 0.609. The molecule has 2 heterocycles. The molecule has 94 valence electrons. The van der Waals surface area contributed by atoms with Gasteiger partial charge in [-0.3, -0.25) is 0 Å². The predicted molar refractivity (Wildman–Crippen MR) is 90.6 cm³/mol. The summed E-state index contributed by atoms with van der Waals surface area (Å²) in [6, 6.07) is 10.7. The minimum atomic E-state index is 0.249. The summed E-state index contributed by atoms with van der Waals surface area (Å²) in [5.74, 6) is 0. The summed E-state index contributed by atoms with van der Waals surface area (Å²) >= 11 is 5.48. The second kappa shape index (κ2) is 5.39. The van der Waals surface area contributed by atoms with E-state index in [9.17, 15) is 0 Å². The molecule has 1 aliphatic heterocycles. The van der Waals surface area contributed by atoms with Gasteiger partial charge in [0.25, 0.3) is 0 Å². The summed E-state index contributed by atoms with van der Waals surface area (Å²) in [4.78, 5) is 2.38. The van der Waals surface area contributed by atoms with Crippen molar-refractivity contribution >= 4 is 51.3 Å². The van der Waals surface area contributed by atoms with Crippen molar-refractivity contribution in [1.29, 1.82) is 0 Å². The molecular weight excluding hydrogens is 317 g/mol. The lowest BCUT2D eigenvalue weighted by Gasteiger charge is -2.34. The molecule has 0 saturated heterocycles. The van der Waals surface area contributed by atoms with Crippen LogP contribution in [0.25, 0.3) is 6.08 Å². The second-order valence-electron chi connectivity index (χ2n) is 4.49. The van der Waals surface area contributed by atoms with Crippen LogP contribution in [0.5, 0.6) is 0 Å². The average Bonchev–Trinajstić information content (AvgIpc) is 2.92. The monoisotopic (exact) mass is 329 g/mol. The van der Waals surface area contributed by atoms with E-state index in [1.807, 2.05) is 6.08 Å². The maximum absolute atomic E-state index is 3.89. The lowest BCUT2D eigenvalue weighted by atomic mass is 9.53. The summed E-state index contributed by atoms with van der Waals surface area (Å²) in [5.41, 5.74) is 3.84. The molecule has 0 atom stereocenters. The van der Waals surface area contributed by atoms with Crippen LogP contribution in [-0.2, 0) is 0 Å². The molecule has 0 spiro atoms. The van der Waals surface area contributed by atoms with Crippen LogP contribution in [0, 0.1) is 0 Å². The lowest BCUT2D eigenvalue weighted by Crippen LogP contribution is -2.50. The third-order valence-electron chi connectivity index (χ3n) is 3.30. The van der Waals surface area contributed by atoms with Gasteiger partial charge in [-0.1, -0.05) is 46.3 Å². The van der Waals surface area contributed by atoms with Gasteiger partial charge in [-0.2, -0.15) is 11.3 Å². The van der Waals surface area contributed by atoms with Crippen LogP contribution in [-0.4, -0.2) is 13.4 Å². The Balaban J connectivity index is 2.12. The minimum absolute atomic E-state index is 0.249. The van der Waals surface area contributed by atoms with E-state index >= 15 is 0 Å². The molecule has 3 rings (SSSR count). The number of fused-ring (bicyclic) bond motifs is 1. The Labute approximate surface area is 126 Å². The van der Waals surface area contributed by atoms with Crippen molar-refractivity contribution in [1.82, 2.24) is 0 Å². The molecule has 0 N–H and O–H groups in total. The number of hydrogen-bond acceptors (Lipinski definition) is 2. The number of rotatable bonds is 3. The lowest BCUT2D eigenvalue weighted by molar-refractivity contribution is 1.16. The largest absolute Gasteiger partial charge is 0.402 e. The molecular formula is C15H13BBrNS. The van der Waals surface area contributed by atoms with Crippen LogP contribution in [0.15, 0.2) is 58.1 Å². The first-order valence-corrected chi connectivity index (χ1v) is 7.90. The summed E-state index contributed by atoms with van der Waals surface area (Å²) < 4.78 is 1.20. The van der Waals surface area contributed by atoms with E-state index in [0.29, 0.717) is 0 Å². The Morgan fingerprint density at radius 1 is 1.32 bits per heavy atom. The van der Waals surface area contributed by atoms with Gasteiger partial charge in [-0.05, 0) is 38.3 Å². The number of para-hydroxylation sites is 1. The van der Waals surface area contributed by atoms with Crippen molar-refractivity contribution in [3.8, 4) is 0 Å². The second-order valence-corrected chi connectivity index (χ2v) is 6.18. The molecule has 1 nitrogen and oxygen atoms in total. The predicted octanol–water partition coefficient (Wildman–Crippen LogP) is 3.93. The van der Waals surface area contributed by atoms with Gasteiger partial charge in [0.1, 0.15) is 0 Å². The van der Waals surface area contributed by atoms with Crippen molar-refractivity contribution in [3.05, 3.63) is 63.7 Å². The van der Waals surface area contributed by atoms with Crippen LogP contribution in [0.4, 0.5) is 5.69 Å². The Hall–Kier alpha value is -1.26. The molecule has 4 heteroatoms. The van der Waals surface area contributed by atoms with E-state index in [-0.39, 0.29) is 6.85 Å². The van der Waals surface area contributed by atoms with Gasteiger partial charge in [-0.15, -0.1) is 6.58 Å². The average molecular weight is 330 g/mol. The zero-order valence-electron chi connectivity index (χ0n) is 10.4. The Morgan fingerprint density at radius 3 is 2.89 bits per heavy atom. The summed E-state index contributed by atoms with van der Waals surface area (Å²) in [6.07, 6.45) is 4.18. The number of anilines is 1. The van der Waals surface area contributed by atoms with Crippen molar-refractivity contribution < 1.29 is 0 Å². The zero-order valence-corrected chi connectivity index (χ0v) is 12.8. The molecule has 0 bridgehead atoms. The van der Waals surface area contributed by atoms with Crippen LogP contribution >= 0.6 is 27.3 Å². The molecule has 2 aromatic rings. The minimum Gasteiger partial charge on any atom is -0.402 e. The van der Waals surface area contributed by atoms with Crippen LogP contribution < -0.4 is 10.3 Å². The SMILES string of the molecule is C=CCN1B(c2ccsc2)C(Br)=Cc2ccccc21. The molecule has 1 aromatic carbocycles. The fraction of sp³-hybridized carbons (Fsp3) is 0.0667. The van der Waals surface area contributed by atoms with Crippen molar-refractivity contribution in [2.45, 2.75) is 0 Å². The van der Waals surface area contributed by atoms with Gasteiger partial charge < -0.3 is 4.81 Å². The van der Waals surface area contributed by atoms with Gasteiger partial charge in [0, 0.05) is 12.2 Å². The fourth-order valence-electron chi connectivity index (χ4n) is 2.50. The Kier molecular flexibility index (Phi) is 3.62. The molecule has 1 aliphatic rings. The maximum atomic E-state index is 3.89. The normalized spacial score (nSPS) is 14.1. The van der Waals surface area contributed by atoms with Crippen LogP contribution in [0.1, 0.15) is 5.56 Å². The molecule has 1 aromatic heterocycles. The standard InChI is InChI=1S/C15H13BBrNS/c1-2-8-18-14-6-4-3-5-12(14)10-15(17)16(18)13-7-9-19-11-13/h2-7,9-11H,1,8H2. The number of hydrogen-bond donors (Lipinski definition) is 0. The van der Waals surface area contributed by atoms with E-state index < -0.39 is 0 Å². The smallest absolute Gasteiger partial charge is 0.331 e. The van der Waals surface area contributed by atoms with Gasteiger partial charge in [0.2, 0.25) is 0 Å². The van der Waals surface area contributed by atoms with E-state index in [0.717, 1.165) is 6.54 Å². The number of nitrogens with zero attached hydrogens (tertiary/aromatic N) is 1. The van der Waals surface area contributed by atoms with E-state index in [4.69, 9.17) is 0 Å².